The third-order valence-electron chi connectivity index (χ3n) is 5.72. The van der Waals surface area contributed by atoms with E-state index in [1.54, 1.807) is 19.9 Å². The standard InChI is InChI=1S/C26H18ClIN4O9/c1-3-40-22-10-14(9-19(28)23(22)41-21-7-6-16(31(36)37)12-20(21)32(38)39)8-17-24(33)29-26(35)30(25(17)34)15-5-4-13(2)18(27)11-15/h4-12H,3H2,1-2H3,(H,29,33,35)/b17-8+. The van der Waals surface area contributed by atoms with E-state index in [1.807, 2.05) is 22.6 Å². The highest BCUT2D eigenvalue weighted by Gasteiger charge is 2.37. The fourth-order valence-electron chi connectivity index (χ4n) is 3.77. The molecular weight excluding hydrogens is 675 g/mol. The van der Waals surface area contributed by atoms with Crippen molar-refractivity contribution in [3.8, 4) is 17.2 Å². The first-order valence-corrected chi connectivity index (χ1v) is 13.1. The highest BCUT2D eigenvalue weighted by Crippen LogP contribution is 2.42. The Bertz CT molecular complexity index is 1670. The normalized spacial score (nSPS) is 14.2. The second-order valence-corrected chi connectivity index (χ2v) is 9.99. The molecular formula is C26H18ClIN4O9. The van der Waals surface area contributed by atoms with Gasteiger partial charge in [0.1, 0.15) is 5.57 Å². The summed E-state index contributed by atoms with van der Waals surface area (Å²) in [4.78, 5) is 60.3. The fourth-order valence-corrected chi connectivity index (χ4v) is 4.68. The quantitative estimate of drug-likeness (QED) is 0.0988. The molecule has 1 aliphatic heterocycles. The van der Waals surface area contributed by atoms with Gasteiger partial charge in [0.2, 0.25) is 5.75 Å². The molecule has 15 heteroatoms. The van der Waals surface area contributed by atoms with E-state index in [0.29, 0.717) is 14.2 Å². The fraction of sp³-hybridized carbons (Fsp3) is 0.115. The van der Waals surface area contributed by atoms with Crippen LogP contribution in [0.3, 0.4) is 0 Å². The summed E-state index contributed by atoms with van der Waals surface area (Å²) in [6.07, 6.45) is 1.26. The van der Waals surface area contributed by atoms with Gasteiger partial charge < -0.3 is 9.47 Å². The van der Waals surface area contributed by atoms with Crippen molar-refractivity contribution >= 4 is 75.2 Å². The number of anilines is 1. The lowest BCUT2D eigenvalue weighted by molar-refractivity contribution is -0.394. The summed E-state index contributed by atoms with van der Waals surface area (Å²) in [6, 6.07) is 9.55. The number of benzene rings is 3. The molecule has 0 atom stereocenters. The predicted molar refractivity (Wildman–Crippen MR) is 155 cm³/mol. The molecule has 0 saturated carbocycles. The monoisotopic (exact) mass is 692 g/mol. The Morgan fingerprint density at radius 2 is 1.76 bits per heavy atom. The van der Waals surface area contributed by atoms with E-state index in [4.69, 9.17) is 21.1 Å². The third kappa shape index (κ3) is 6.12. The lowest BCUT2D eigenvalue weighted by atomic mass is 10.1. The Hall–Kier alpha value is -4.57. The van der Waals surface area contributed by atoms with Gasteiger partial charge in [0.25, 0.3) is 17.5 Å². The first-order valence-electron chi connectivity index (χ1n) is 11.7. The number of nitrogens with zero attached hydrogens (tertiary/aromatic N) is 3. The van der Waals surface area contributed by atoms with Crippen LogP contribution in [-0.4, -0.2) is 34.3 Å². The van der Waals surface area contributed by atoms with Crippen molar-refractivity contribution in [2.45, 2.75) is 13.8 Å². The van der Waals surface area contributed by atoms with Gasteiger partial charge in [-0.1, -0.05) is 17.7 Å². The Kier molecular flexibility index (Phi) is 8.53. The topological polar surface area (TPSA) is 171 Å². The number of barbiturate groups is 1. The van der Waals surface area contributed by atoms with Crippen molar-refractivity contribution < 1.29 is 33.7 Å². The van der Waals surface area contributed by atoms with Crippen molar-refractivity contribution in [2.75, 3.05) is 11.5 Å². The smallest absolute Gasteiger partial charge is 0.335 e. The lowest BCUT2D eigenvalue weighted by Gasteiger charge is -2.26. The molecule has 210 valence electrons. The van der Waals surface area contributed by atoms with Crippen LogP contribution in [0.1, 0.15) is 18.1 Å². The van der Waals surface area contributed by atoms with Crippen LogP contribution in [0.4, 0.5) is 21.9 Å². The van der Waals surface area contributed by atoms with E-state index in [-0.39, 0.29) is 35.1 Å². The lowest BCUT2D eigenvalue weighted by Crippen LogP contribution is -2.54. The van der Waals surface area contributed by atoms with Gasteiger partial charge in [-0.25, -0.2) is 9.69 Å². The number of nitro benzene ring substituents is 2. The second kappa shape index (κ2) is 11.9. The van der Waals surface area contributed by atoms with Gasteiger partial charge >= 0.3 is 11.7 Å². The summed E-state index contributed by atoms with van der Waals surface area (Å²) in [6.45, 7) is 3.60. The Morgan fingerprint density at radius 3 is 2.39 bits per heavy atom. The van der Waals surface area contributed by atoms with Gasteiger partial charge in [0.15, 0.2) is 11.5 Å². The average molecular weight is 693 g/mol. The maximum absolute atomic E-state index is 13.3. The molecule has 1 aliphatic rings. The van der Waals surface area contributed by atoms with Crippen LogP contribution in [0.2, 0.25) is 5.02 Å². The van der Waals surface area contributed by atoms with Gasteiger partial charge in [-0.2, -0.15) is 0 Å². The van der Waals surface area contributed by atoms with E-state index in [1.165, 1.54) is 30.3 Å². The minimum absolute atomic E-state index is 0.0667. The number of hydrogen-bond acceptors (Lipinski definition) is 9. The number of halogens is 2. The molecule has 41 heavy (non-hydrogen) atoms. The molecule has 1 fully saturated rings. The highest BCUT2D eigenvalue weighted by atomic mass is 127. The number of nitrogens with one attached hydrogen (secondary N) is 1. The molecule has 3 aromatic rings. The first-order chi connectivity index (χ1) is 19.4. The number of rotatable bonds is 8. The number of nitro groups is 2. The van der Waals surface area contributed by atoms with E-state index in [9.17, 15) is 34.6 Å². The zero-order valence-electron chi connectivity index (χ0n) is 21.2. The van der Waals surface area contributed by atoms with E-state index in [2.05, 4.69) is 5.32 Å². The van der Waals surface area contributed by atoms with Crippen LogP contribution in [0.15, 0.2) is 54.1 Å². The van der Waals surface area contributed by atoms with Crippen molar-refractivity contribution in [3.63, 3.8) is 0 Å². The van der Waals surface area contributed by atoms with Crippen LogP contribution in [-0.2, 0) is 9.59 Å². The average Bonchev–Trinajstić information content (AvgIpc) is 2.90. The number of imide groups is 2. The van der Waals surface area contributed by atoms with Crippen LogP contribution >= 0.6 is 34.2 Å². The molecule has 0 aliphatic carbocycles. The van der Waals surface area contributed by atoms with Gasteiger partial charge in [-0.3, -0.25) is 35.1 Å². The molecule has 13 nitrogen and oxygen atoms in total. The molecule has 0 aromatic heterocycles. The van der Waals surface area contributed by atoms with Crippen LogP contribution in [0.5, 0.6) is 17.2 Å². The molecule has 0 radical (unpaired) electrons. The predicted octanol–water partition coefficient (Wildman–Crippen LogP) is 5.93. The van der Waals surface area contributed by atoms with E-state index >= 15 is 0 Å². The zero-order chi connectivity index (χ0) is 30.0. The second-order valence-electron chi connectivity index (χ2n) is 8.42. The molecule has 4 amide bonds. The number of non-ortho nitro benzene ring substituents is 1. The minimum Gasteiger partial charge on any atom is -0.490 e. The number of hydrogen-bond donors (Lipinski definition) is 1. The SMILES string of the molecule is CCOc1cc(/C=C2\C(=O)NC(=O)N(c3ccc(C)c(Cl)c3)C2=O)cc(I)c1Oc1ccc([N+](=O)[O-])cc1[N+](=O)[O-]. The van der Waals surface area contributed by atoms with Crippen LogP contribution in [0, 0.1) is 30.7 Å². The Labute approximate surface area is 250 Å². The van der Waals surface area contributed by atoms with Crippen molar-refractivity contribution in [2.24, 2.45) is 0 Å². The molecule has 4 rings (SSSR count). The minimum atomic E-state index is -0.935. The van der Waals surface area contributed by atoms with E-state index < -0.39 is 39.1 Å². The van der Waals surface area contributed by atoms with Crippen LogP contribution in [0.25, 0.3) is 6.08 Å². The molecule has 1 heterocycles. The molecule has 0 bridgehead atoms. The molecule has 1 N–H and O–H groups in total. The molecule has 0 spiro atoms. The highest BCUT2D eigenvalue weighted by molar-refractivity contribution is 14.1. The Morgan fingerprint density at radius 1 is 1.02 bits per heavy atom. The summed E-state index contributed by atoms with van der Waals surface area (Å²) in [5, 5.41) is 25.1. The molecule has 3 aromatic carbocycles. The number of aryl methyl sites for hydroxylation is 1. The summed E-state index contributed by atoms with van der Waals surface area (Å²) in [5.41, 5.74) is -0.251. The van der Waals surface area contributed by atoms with Crippen molar-refractivity contribution in [1.82, 2.24) is 5.32 Å². The molecule has 1 saturated heterocycles. The zero-order valence-corrected chi connectivity index (χ0v) is 24.1. The van der Waals surface area contributed by atoms with Crippen LogP contribution < -0.4 is 19.7 Å². The molecule has 0 unspecified atom stereocenters. The van der Waals surface area contributed by atoms with Gasteiger partial charge in [-0.05, 0) is 84.0 Å². The number of carbonyl (C=O) groups excluding carboxylic acids is 3. The first kappa shape index (κ1) is 29.4. The number of amides is 4. The number of ether oxygens (including phenoxy) is 2. The van der Waals surface area contributed by atoms with Gasteiger partial charge in [-0.15, -0.1) is 0 Å². The maximum Gasteiger partial charge on any atom is 0.335 e. The Balaban J connectivity index is 1.74. The van der Waals surface area contributed by atoms with E-state index in [0.717, 1.165) is 28.7 Å². The van der Waals surface area contributed by atoms with Crippen molar-refractivity contribution in [3.05, 3.63) is 94.1 Å². The summed E-state index contributed by atoms with van der Waals surface area (Å²) >= 11 is 8.04. The number of carbonyl (C=O) groups is 3. The summed E-state index contributed by atoms with van der Waals surface area (Å²) in [7, 11) is 0. The van der Waals surface area contributed by atoms with Gasteiger partial charge in [0.05, 0.1) is 31.8 Å². The summed E-state index contributed by atoms with van der Waals surface area (Å²) in [5.74, 6) is -1.88. The third-order valence-corrected chi connectivity index (χ3v) is 6.93. The van der Waals surface area contributed by atoms with Gasteiger partial charge in [0, 0.05) is 11.1 Å². The largest absolute Gasteiger partial charge is 0.490 e. The summed E-state index contributed by atoms with van der Waals surface area (Å²) < 4.78 is 11.8. The number of urea groups is 1. The van der Waals surface area contributed by atoms with Crippen molar-refractivity contribution in [1.29, 1.82) is 0 Å². The maximum atomic E-state index is 13.3.